The van der Waals surface area contributed by atoms with Gasteiger partial charge in [-0.25, -0.2) is 0 Å². The number of benzene rings is 1. The van der Waals surface area contributed by atoms with E-state index in [2.05, 4.69) is 10.6 Å². The quantitative estimate of drug-likeness (QED) is 0.545. The number of nitrogens with zero attached hydrogens (tertiary/aromatic N) is 1. The van der Waals surface area contributed by atoms with Crippen molar-refractivity contribution in [3.05, 3.63) is 23.2 Å². The first kappa shape index (κ1) is 15.3. The lowest BCUT2D eigenvalue weighted by atomic mass is 10.2. The molecule has 4 N–H and O–H groups in total. The van der Waals surface area contributed by atoms with E-state index < -0.39 is 0 Å². The number of nitrogens with one attached hydrogen (secondary N) is 2. The summed E-state index contributed by atoms with van der Waals surface area (Å²) in [5.41, 5.74) is 6.55. The molecule has 0 aliphatic carbocycles. The third-order valence-electron chi connectivity index (χ3n) is 2.94. The SMILES string of the molecule is Nc1ccc(NC(=O)CCN2CC(=O)NC(=O)C2)c(Cl)c1. The van der Waals surface area contributed by atoms with Crippen LogP contribution in [0.15, 0.2) is 18.2 Å². The number of rotatable bonds is 4. The van der Waals surface area contributed by atoms with Crippen LogP contribution in [0.3, 0.4) is 0 Å². The average molecular weight is 311 g/mol. The van der Waals surface area contributed by atoms with Crippen molar-refractivity contribution in [3.63, 3.8) is 0 Å². The number of carbonyl (C=O) groups excluding carboxylic acids is 3. The van der Waals surface area contributed by atoms with Crippen LogP contribution in [0, 0.1) is 0 Å². The van der Waals surface area contributed by atoms with E-state index in [-0.39, 0.29) is 37.2 Å². The number of hydrogen-bond donors (Lipinski definition) is 3. The Balaban J connectivity index is 1.84. The van der Waals surface area contributed by atoms with Crippen molar-refractivity contribution in [1.29, 1.82) is 0 Å². The van der Waals surface area contributed by atoms with E-state index in [1.807, 2.05) is 0 Å². The summed E-state index contributed by atoms with van der Waals surface area (Å²) >= 11 is 5.96. The molecule has 0 radical (unpaired) electrons. The van der Waals surface area contributed by atoms with E-state index in [1.54, 1.807) is 23.1 Å². The van der Waals surface area contributed by atoms with E-state index in [9.17, 15) is 14.4 Å². The molecule has 1 aliphatic rings. The molecule has 1 aliphatic heterocycles. The largest absolute Gasteiger partial charge is 0.399 e. The fourth-order valence-electron chi connectivity index (χ4n) is 1.96. The number of hydrogen-bond acceptors (Lipinski definition) is 5. The Morgan fingerprint density at radius 1 is 1.33 bits per heavy atom. The Morgan fingerprint density at radius 2 is 2.00 bits per heavy atom. The predicted molar refractivity (Wildman–Crippen MR) is 78.7 cm³/mol. The Labute approximate surface area is 126 Å². The first-order valence-electron chi connectivity index (χ1n) is 6.34. The second-order valence-electron chi connectivity index (χ2n) is 4.72. The second-order valence-corrected chi connectivity index (χ2v) is 5.13. The zero-order valence-electron chi connectivity index (χ0n) is 11.2. The van der Waals surface area contributed by atoms with Gasteiger partial charge >= 0.3 is 0 Å². The molecular weight excluding hydrogens is 296 g/mol. The zero-order chi connectivity index (χ0) is 15.4. The van der Waals surface area contributed by atoms with Crippen molar-refractivity contribution >= 4 is 40.7 Å². The molecule has 0 aromatic heterocycles. The summed E-state index contributed by atoms with van der Waals surface area (Å²) in [5, 5.41) is 5.22. The summed E-state index contributed by atoms with van der Waals surface area (Å²) in [4.78, 5) is 35.8. The molecule has 7 nitrogen and oxygen atoms in total. The number of nitrogens with two attached hydrogens (primary N) is 1. The number of anilines is 2. The number of carbonyl (C=O) groups is 3. The van der Waals surface area contributed by atoms with Gasteiger partial charge in [-0.2, -0.15) is 0 Å². The molecule has 1 fully saturated rings. The maximum absolute atomic E-state index is 11.8. The van der Waals surface area contributed by atoms with Gasteiger partial charge in [-0.1, -0.05) is 11.6 Å². The molecule has 8 heteroatoms. The third-order valence-corrected chi connectivity index (χ3v) is 3.25. The molecule has 1 aromatic carbocycles. The molecule has 1 aromatic rings. The molecule has 2 rings (SSSR count). The highest BCUT2D eigenvalue weighted by Gasteiger charge is 2.22. The highest BCUT2D eigenvalue weighted by atomic mass is 35.5. The second kappa shape index (κ2) is 6.55. The molecule has 112 valence electrons. The smallest absolute Gasteiger partial charge is 0.240 e. The summed E-state index contributed by atoms with van der Waals surface area (Å²) in [5.74, 6) is -0.957. The minimum Gasteiger partial charge on any atom is -0.399 e. The van der Waals surface area contributed by atoms with Crippen LogP contribution in [-0.4, -0.2) is 42.3 Å². The van der Waals surface area contributed by atoms with Crippen LogP contribution in [-0.2, 0) is 14.4 Å². The van der Waals surface area contributed by atoms with Crippen LogP contribution in [0.25, 0.3) is 0 Å². The highest BCUT2D eigenvalue weighted by Crippen LogP contribution is 2.24. The molecule has 21 heavy (non-hydrogen) atoms. The minimum atomic E-state index is -0.353. The molecule has 0 spiro atoms. The number of nitrogen functional groups attached to an aromatic ring is 1. The number of amides is 3. The van der Waals surface area contributed by atoms with Crippen LogP contribution in [0.1, 0.15) is 6.42 Å². The number of piperazine rings is 1. The summed E-state index contributed by atoms with van der Waals surface area (Å²) in [6.07, 6.45) is 0.154. The lowest BCUT2D eigenvalue weighted by Gasteiger charge is -2.24. The van der Waals surface area contributed by atoms with Gasteiger partial charge in [0.05, 0.1) is 23.8 Å². The van der Waals surface area contributed by atoms with Gasteiger partial charge in [0.2, 0.25) is 17.7 Å². The zero-order valence-corrected chi connectivity index (χ0v) is 11.9. The van der Waals surface area contributed by atoms with Gasteiger partial charge in [0.1, 0.15) is 0 Å². The van der Waals surface area contributed by atoms with E-state index >= 15 is 0 Å². The predicted octanol–water partition coefficient (Wildman–Crippen LogP) is 0.209. The molecule has 1 saturated heterocycles. The summed E-state index contributed by atoms with van der Waals surface area (Å²) in [6, 6.07) is 4.80. The van der Waals surface area contributed by atoms with Gasteiger partial charge < -0.3 is 11.1 Å². The third kappa shape index (κ3) is 4.44. The summed E-state index contributed by atoms with van der Waals surface area (Å²) in [6.45, 7) is 0.543. The standard InChI is InChI=1S/C13H15ClN4O3/c14-9-5-8(15)1-2-10(9)16-11(19)3-4-18-6-12(20)17-13(21)7-18/h1-2,5H,3-4,6-7,15H2,(H,16,19)(H,17,20,21). The van der Waals surface area contributed by atoms with Crippen molar-refractivity contribution in [3.8, 4) is 0 Å². The van der Waals surface area contributed by atoms with Crippen LogP contribution in [0.5, 0.6) is 0 Å². The summed E-state index contributed by atoms with van der Waals surface area (Å²) in [7, 11) is 0. The lowest BCUT2D eigenvalue weighted by Crippen LogP contribution is -2.51. The average Bonchev–Trinajstić information content (AvgIpc) is 2.39. The van der Waals surface area contributed by atoms with Gasteiger partial charge in [0.25, 0.3) is 0 Å². The van der Waals surface area contributed by atoms with E-state index in [0.29, 0.717) is 22.9 Å². The van der Waals surface area contributed by atoms with Crippen LogP contribution in [0.2, 0.25) is 5.02 Å². The summed E-state index contributed by atoms with van der Waals surface area (Å²) < 4.78 is 0. The van der Waals surface area contributed by atoms with Gasteiger partial charge in [-0.15, -0.1) is 0 Å². The molecule has 0 bridgehead atoms. The van der Waals surface area contributed by atoms with Crippen LogP contribution < -0.4 is 16.4 Å². The normalized spacial score (nSPS) is 15.7. The molecule has 1 heterocycles. The van der Waals surface area contributed by atoms with E-state index in [1.165, 1.54) is 0 Å². The van der Waals surface area contributed by atoms with Crippen molar-refractivity contribution in [2.24, 2.45) is 0 Å². The first-order chi connectivity index (χ1) is 9.94. The Bertz CT molecular complexity index is 575. The lowest BCUT2D eigenvalue weighted by molar-refractivity contribution is -0.136. The Kier molecular flexibility index (Phi) is 4.77. The minimum absolute atomic E-state index is 0.113. The molecule has 0 saturated carbocycles. The van der Waals surface area contributed by atoms with Crippen molar-refractivity contribution in [2.45, 2.75) is 6.42 Å². The van der Waals surface area contributed by atoms with Gasteiger partial charge in [0, 0.05) is 18.7 Å². The molecule has 3 amide bonds. The molecule has 0 unspecified atom stereocenters. The molecular formula is C13H15ClN4O3. The fourth-order valence-corrected chi connectivity index (χ4v) is 2.20. The Morgan fingerprint density at radius 3 is 2.62 bits per heavy atom. The topological polar surface area (TPSA) is 105 Å². The molecule has 0 atom stereocenters. The van der Waals surface area contributed by atoms with E-state index in [4.69, 9.17) is 17.3 Å². The van der Waals surface area contributed by atoms with Gasteiger partial charge in [-0.05, 0) is 18.2 Å². The maximum Gasteiger partial charge on any atom is 0.240 e. The fraction of sp³-hybridized carbons (Fsp3) is 0.308. The van der Waals surface area contributed by atoms with Crippen molar-refractivity contribution in [1.82, 2.24) is 10.2 Å². The van der Waals surface area contributed by atoms with Crippen LogP contribution in [0.4, 0.5) is 11.4 Å². The van der Waals surface area contributed by atoms with Crippen LogP contribution >= 0.6 is 11.6 Å². The van der Waals surface area contributed by atoms with Crippen molar-refractivity contribution in [2.75, 3.05) is 30.7 Å². The monoisotopic (exact) mass is 310 g/mol. The maximum atomic E-state index is 11.8. The first-order valence-corrected chi connectivity index (χ1v) is 6.72. The van der Waals surface area contributed by atoms with Crippen molar-refractivity contribution < 1.29 is 14.4 Å². The number of halogens is 1. The van der Waals surface area contributed by atoms with E-state index in [0.717, 1.165) is 0 Å². The Hall–Kier alpha value is -2.12. The van der Waals surface area contributed by atoms with Gasteiger partial charge in [0.15, 0.2) is 0 Å². The van der Waals surface area contributed by atoms with Gasteiger partial charge in [-0.3, -0.25) is 24.6 Å². The number of imide groups is 1. The highest BCUT2D eigenvalue weighted by molar-refractivity contribution is 6.34.